The first-order valence-electron chi connectivity index (χ1n) is 5.12. The molecule has 94 valence electrons. The van der Waals surface area contributed by atoms with E-state index in [0.29, 0.717) is 9.99 Å². The Bertz CT molecular complexity index is 686. The molecule has 7 heteroatoms. The van der Waals surface area contributed by atoms with E-state index in [9.17, 15) is 13.2 Å². The van der Waals surface area contributed by atoms with Gasteiger partial charge in [0.15, 0.2) is 4.75 Å². The van der Waals surface area contributed by atoms with E-state index in [1.54, 1.807) is 0 Å². The van der Waals surface area contributed by atoms with E-state index in [2.05, 4.69) is 0 Å². The molecule has 0 saturated carbocycles. The van der Waals surface area contributed by atoms with Crippen molar-refractivity contribution in [2.24, 2.45) is 0 Å². The fourth-order valence-electron chi connectivity index (χ4n) is 1.71. The zero-order chi connectivity index (χ0) is 13.7. The lowest BCUT2D eigenvalue weighted by molar-refractivity contribution is -0.120. The summed E-state index contributed by atoms with van der Waals surface area (Å²) in [5.41, 5.74) is 5.96. The molecule has 1 fully saturated rings. The SMILES string of the molecule is CC1(C)C(=O)N(c2ccc(N)cc2C#N)S1(=O)=O. The van der Waals surface area contributed by atoms with Gasteiger partial charge in [0.1, 0.15) is 6.07 Å². The van der Waals surface area contributed by atoms with Crippen LogP contribution >= 0.6 is 0 Å². The maximum Gasteiger partial charge on any atom is 0.263 e. The van der Waals surface area contributed by atoms with Crippen LogP contribution in [0.15, 0.2) is 18.2 Å². The standard InChI is InChI=1S/C11H11N3O3S/c1-11(2)10(15)14(18(11,16)17)9-4-3-8(13)5-7(9)6-12/h3-5H,13H2,1-2H3. The maximum absolute atomic E-state index is 12.0. The van der Waals surface area contributed by atoms with Crippen LogP contribution < -0.4 is 10.0 Å². The van der Waals surface area contributed by atoms with Crippen molar-refractivity contribution in [2.75, 3.05) is 10.0 Å². The summed E-state index contributed by atoms with van der Waals surface area (Å²) in [5, 5.41) is 8.96. The van der Waals surface area contributed by atoms with Gasteiger partial charge in [-0.25, -0.2) is 12.7 Å². The Morgan fingerprint density at radius 2 is 2.00 bits per heavy atom. The molecule has 2 rings (SSSR count). The molecule has 2 N–H and O–H groups in total. The normalized spacial score (nSPS) is 20.1. The molecule has 1 aliphatic heterocycles. The van der Waals surface area contributed by atoms with Crippen molar-refractivity contribution < 1.29 is 13.2 Å². The summed E-state index contributed by atoms with van der Waals surface area (Å²) in [6, 6.07) is 5.98. The largest absolute Gasteiger partial charge is 0.399 e. The lowest BCUT2D eigenvalue weighted by Gasteiger charge is -2.43. The Balaban J connectivity index is 2.61. The van der Waals surface area contributed by atoms with Crippen LogP contribution in [0.3, 0.4) is 0 Å². The monoisotopic (exact) mass is 265 g/mol. The summed E-state index contributed by atoms with van der Waals surface area (Å²) in [6.45, 7) is 2.68. The molecule has 6 nitrogen and oxygen atoms in total. The molecule has 0 atom stereocenters. The summed E-state index contributed by atoms with van der Waals surface area (Å²) in [5.74, 6) is -0.552. The molecule has 1 aromatic rings. The third-order valence-corrected chi connectivity index (χ3v) is 5.25. The fraction of sp³-hybridized carbons (Fsp3) is 0.273. The van der Waals surface area contributed by atoms with Crippen molar-refractivity contribution in [1.82, 2.24) is 0 Å². The minimum atomic E-state index is -3.76. The van der Waals surface area contributed by atoms with Crippen LogP contribution in [0.2, 0.25) is 0 Å². The molecule has 0 aliphatic carbocycles. The van der Waals surface area contributed by atoms with Gasteiger partial charge in [-0.1, -0.05) is 0 Å². The van der Waals surface area contributed by atoms with Crippen molar-refractivity contribution in [3.8, 4) is 6.07 Å². The van der Waals surface area contributed by atoms with Crippen molar-refractivity contribution in [1.29, 1.82) is 5.26 Å². The molecule has 0 spiro atoms. The van der Waals surface area contributed by atoms with Crippen LogP contribution in [-0.2, 0) is 14.8 Å². The molecule has 1 amide bonds. The van der Waals surface area contributed by atoms with Gasteiger partial charge in [-0.15, -0.1) is 0 Å². The van der Waals surface area contributed by atoms with Gasteiger partial charge < -0.3 is 5.73 Å². The van der Waals surface area contributed by atoms with Crippen molar-refractivity contribution >= 4 is 27.3 Å². The predicted octanol–water partition coefficient (Wildman–Crippen LogP) is 0.595. The first kappa shape index (κ1) is 12.4. The van der Waals surface area contributed by atoms with Crippen LogP contribution in [0.5, 0.6) is 0 Å². The van der Waals surface area contributed by atoms with E-state index in [0.717, 1.165) is 0 Å². The number of amides is 1. The number of rotatable bonds is 1. The summed E-state index contributed by atoms with van der Waals surface area (Å²) < 4.78 is 23.2. The van der Waals surface area contributed by atoms with Crippen LogP contribution in [0.25, 0.3) is 0 Å². The molecule has 1 saturated heterocycles. The molecule has 1 aliphatic rings. The Hall–Kier alpha value is -2.07. The number of hydrogen-bond acceptors (Lipinski definition) is 5. The second-order valence-electron chi connectivity index (χ2n) is 4.47. The molecule has 18 heavy (non-hydrogen) atoms. The van der Waals surface area contributed by atoms with Crippen molar-refractivity contribution in [2.45, 2.75) is 18.6 Å². The number of carbonyl (C=O) groups excluding carboxylic acids is 1. The average Bonchev–Trinajstić information content (AvgIpc) is 2.30. The van der Waals surface area contributed by atoms with E-state index in [-0.39, 0.29) is 11.3 Å². The maximum atomic E-state index is 12.0. The van der Waals surface area contributed by atoms with E-state index in [1.165, 1.54) is 32.0 Å². The molecular weight excluding hydrogens is 254 g/mol. The quantitative estimate of drug-likeness (QED) is 0.748. The number of benzene rings is 1. The van der Waals surface area contributed by atoms with Crippen LogP contribution in [0.1, 0.15) is 19.4 Å². The van der Waals surface area contributed by atoms with E-state index >= 15 is 0 Å². The summed E-state index contributed by atoms with van der Waals surface area (Å²) in [7, 11) is -3.76. The van der Waals surface area contributed by atoms with Gasteiger partial charge >= 0.3 is 0 Å². The Labute approximate surface area is 105 Å². The molecular formula is C11H11N3O3S. The summed E-state index contributed by atoms with van der Waals surface area (Å²) in [4.78, 5) is 11.9. The van der Waals surface area contributed by atoms with Gasteiger partial charge in [-0.05, 0) is 32.0 Å². The molecule has 0 aromatic heterocycles. The number of sulfonamides is 1. The number of carbonyl (C=O) groups is 1. The smallest absolute Gasteiger partial charge is 0.263 e. The van der Waals surface area contributed by atoms with Crippen LogP contribution in [0, 0.1) is 11.3 Å². The first-order valence-corrected chi connectivity index (χ1v) is 6.56. The Morgan fingerprint density at radius 1 is 1.39 bits per heavy atom. The number of nitrogen functional groups attached to an aromatic ring is 1. The lowest BCUT2D eigenvalue weighted by Crippen LogP contribution is -2.67. The lowest BCUT2D eigenvalue weighted by atomic mass is 10.1. The molecule has 0 unspecified atom stereocenters. The number of nitrogens with zero attached hydrogens (tertiary/aromatic N) is 2. The topological polar surface area (TPSA) is 104 Å². The van der Waals surface area contributed by atoms with E-state index < -0.39 is 20.7 Å². The van der Waals surface area contributed by atoms with Crippen molar-refractivity contribution in [3.63, 3.8) is 0 Å². The van der Waals surface area contributed by atoms with Gasteiger partial charge in [0.2, 0.25) is 0 Å². The Morgan fingerprint density at radius 3 is 2.50 bits per heavy atom. The molecule has 0 radical (unpaired) electrons. The summed E-state index contributed by atoms with van der Waals surface area (Å²) >= 11 is 0. The van der Waals surface area contributed by atoms with Gasteiger partial charge in [0.05, 0.1) is 11.3 Å². The third kappa shape index (κ3) is 1.32. The second-order valence-corrected chi connectivity index (χ2v) is 6.81. The Kier molecular flexibility index (Phi) is 2.38. The minimum Gasteiger partial charge on any atom is -0.399 e. The highest BCUT2D eigenvalue weighted by molar-refractivity contribution is 7.98. The summed E-state index contributed by atoms with van der Waals surface area (Å²) in [6.07, 6.45) is 0. The van der Waals surface area contributed by atoms with E-state index in [4.69, 9.17) is 11.0 Å². The predicted molar refractivity (Wildman–Crippen MR) is 66.1 cm³/mol. The zero-order valence-corrected chi connectivity index (χ0v) is 10.7. The minimum absolute atomic E-state index is 0.0519. The van der Waals surface area contributed by atoms with Crippen molar-refractivity contribution in [3.05, 3.63) is 23.8 Å². The number of hydrogen-bond donors (Lipinski definition) is 1. The van der Waals surface area contributed by atoms with Crippen LogP contribution in [0.4, 0.5) is 11.4 Å². The zero-order valence-electron chi connectivity index (χ0n) is 9.84. The fourth-order valence-corrected chi connectivity index (χ4v) is 3.21. The molecule has 0 bridgehead atoms. The third-order valence-electron chi connectivity index (χ3n) is 2.94. The highest BCUT2D eigenvalue weighted by Gasteiger charge is 2.61. The highest BCUT2D eigenvalue weighted by atomic mass is 32.2. The van der Waals surface area contributed by atoms with Gasteiger partial charge in [-0.3, -0.25) is 4.79 Å². The highest BCUT2D eigenvalue weighted by Crippen LogP contribution is 2.40. The molecule has 1 heterocycles. The number of anilines is 2. The number of nitriles is 1. The van der Waals surface area contributed by atoms with Gasteiger partial charge in [0.25, 0.3) is 15.9 Å². The molecule has 1 aromatic carbocycles. The first-order chi connectivity index (χ1) is 8.23. The van der Waals surface area contributed by atoms with Gasteiger partial charge in [-0.2, -0.15) is 5.26 Å². The second kappa shape index (κ2) is 3.46. The average molecular weight is 265 g/mol. The van der Waals surface area contributed by atoms with Crippen LogP contribution in [-0.4, -0.2) is 19.1 Å². The van der Waals surface area contributed by atoms with Gasteiger partial charge in [0, 0.05) is 5.69 Å². The number of nitrogens with two attached hydrogens (primary N) is 1. The van der Waals surface area contributed by atoms with E-state index in [1.807, 2.05) is 6.07 Å².